The molecule has 1 aromatic heterocycles. The van der Waals surface area contributed by atoms with Crippen LogP contribution in [0.5, 0.6) is 0 Å². The first-order valence-electron chi connectivity index (χ1n) is 11.3. The molecule has 4 rings (SSSR count). The molecule has 0 N–H and O–H groups in total. The van der Waals surface area contributed by atoms with Crippen LogP contribution in [0.4, 0.5) is 0 Å². The molecule has 1 nitrogen and oxygen atoms in total. The molecular formula is C28H35N. The first-order valence-corrected chi connectivity index (χ1v) is 11.3. The van der Waals surface area contributed by atoms with Gasteiger partial charge >= 0.3 is 0 Å². The zero-order valence-corrected chi connectivity index (χ0v) is 18.4. The molecule has 0 bridgehead atoms. The standard InChI is InChI=1S/C28H35N/c1-20(2)15-23-7-5-6-8-26(16-23)24-11-13-25(14-12-24)27-17-28-22(4)10-9-21(3)18-29(28)19-27/h7,10-14,17,19-20,26H,3,5-6,8-9,15-16,18H2,1-2,4H3/t26-/m0/s1. The highest BCUT2D eigenvalue weighted by atomic mass is 15.0. The minimum absolute atomic E-state index is 0.677. The van der Waals surface area contributed by atoms with Crippen LogP contribution in [0, 0.1) is 5.92 Å². The summed E-state index contributed by atoms with van der Waals surface area (Å²) >= 11 is 0. The summed E-state index contributed by atoms with van der Waals surface area (Å²) in [5.74, 6) is 1.43. The van der Waals surface area contributed by atoms with Gasteiger partial charge in [-0.2, -0.15) is 0 Å². The van der Waals surface area contributed by atoms with Gasteiger partial charge in [-0.3, -0.25) is 0 Å². The third kappa shape index (κ3) is 4.66. The average molecular weight is 386 g/mol. The highest BCUT2D eigenvalue weighted by Crippen LogP contribution is 2.36. The summed E-state index contributed by atoms with van der Waals surface area (Å²) in [5, 5.41) is 0. The molecule has 0 fully saturated rings. The third-order valence-corrected chi connectivity index (χ3v) is 6.48. The predicted molar refractivity (Wildman–Crippen MR) is 126 cm³/mol. The highest BCUT2D eigenvalue weighted by Gasteiger charge is 2.18. The molecule has 2 aromatic rings. The Morgan fingerprint density at radius 2 is 1.90 bits per heavy atom. The van der Waals surface area contributed by atoms with Crippen molar-refractivity contribution in [1.82, 2.24) is 4.57 Å². The molecular weight excluding hydrogens is 350 g/mol. The fraction of sp³-hybridized carbons (Fsp3) is 0.429. The van der Waals surface area contributed by atoms with Gasteiger partial charge in [-0.25, -0.2) is 0 Å². The molecule has 1 atom stereocenters. The van der Waals surface area contributed by atoms with Crippen LogP contribution in [0.1, 0.15) is 76.5 Å². The van der Waals surface area contributed by atoms with Gasteiger partial charge in [-0.15, -0.1) is 0 Å². The largest absolute Gasteiger partial charge is 0.343 e. The van der Waals surface area contributed by atoms with Gasteiger partial charge in [0.2, 0.25) is 0 Å². The maximum absolute atomic E-state index is 4.21. The van der Waals surface area contributed by atoms with E-state index in [-0.39, 0.29) is 0 Å². The zero-order valence-electron chi connectivity index (χ0n) is 18.4. The van der Waals surface area contributed by atoms with E-state index in [4.69, 9.17) is 0 Å². The Morgan fingerprint density at radius 1 is 1.10 bits per heavy atom. The quantitative estimate of drug-likeness (QED) is 0.468. The monoisotopic (exact) mass is 385 g/mol. The number of rotatable bonds is 4. The lowest BCUT2D eigenvalue weighted by atomic mass is 9.87. The second-order valence-electron chi connectivity index (χ2n) is 9.50. The van der Waals surface area contributed by atoms with Crippen LogP contribution < -0.4 is 0 Å². The summed E-state index contributed by atoms with van der Waals surface area (Å²) in [5.41, 5.74) is 9.78. The Labute approximate surface area is 176 Å². The van der Waals surface area contributed by atoms with Gasteiger partial charge in [-0.1, -0.05) is 68.0 Å². The van der Waals surface area contributed by atoms with Crippen molar-refractivity contribution in [3.63, 3.8) is 0 Å². The van der Waals surface area contributed by atoms with Crippen LogP contribution in [-0.4, -0.2) is 4.57 Å². The van der Waals surface area contributed by atoms with Crippen LogP contribution >= 0.6 is 0 Å². The van der Waals surface area contributed by atoms with Gasteiger partial charge in [0, 0.05) is 18.4 Å². The van der Waals surface area contributed by atoms with Gasteiger partial charge in [0.05, 0.1) is 0 Å². The van der Waals surface area contributed by atoms with Crippen molar-refractivity contribution in [2.75, 3.05) is 0 Å². The number of benzene rings is 1. The van der Waals surface area contributed by atoms with Crippen LogP contribution in [0.25, 0.3) is 16.7 Å². The van der Waals surface area contributed by atoms with Crippen LogP contribution in [-0.2, 0) is 6.54 Å². The molecule has 0 radical (unpaired) electrons. The van der Waals surface area contributed by atoms with E-state index in [1.807, 2.05) is 0 Å². The molecule has 0 unspecified atom stereocenters. The van der Waals surface area contributed by atoms with Crippen molar-refractivity contribution in [1.29, 1.82) is 0 Å². The van der Waals surface area contributed by atoms with Gasteiger partial charge in [0.15, 0.2) is 0 Å². The molecule has 152 valence electrons. The summed E-state index contributed by atoms with van der Waals surface area (Å²) in [6, 6.07) is 11.8. The molecule has 0 saturated carbocycles. The Balaban J connectivity index is 1.54. The molecule has 2 aliphatic rings. The summed E-state index contributed by atoms with van der Waals surface area (Å²) < 4.78 is 2.36. The molecule has 0 amide bonds. The van der Waals surface area contributed by atoms with Crippen LogP contribution in [0.3, 0.4) is 0 Å². The number of fused-ring (bicyclic) bond motifs is 1. The molecule has 1 aliphatic heterocycles. The van der Waals surface area contributed by atoms with Crippen molar-refractivity contribution < 1.29 is 0 Å². The van der Waals surface area contributed by atoms with Crippen LogP contribution in [0.15, 0.2) is 66.4 Å². The topological polar surface area (TPSA) is 4.93 Å². The zero-order chi connectivity index (χ0) is 20.4. The van der Waals surface area contributed by atoms with E-state index in [0.717, 1.165) is 18.9 Å². The van der Waals surface area contributed by atoms with E-state index < -0.39 is 0 Å². The Bertz CT molecular complexity index is 933. The van der Waals surface area contributed by atoms with E-state index in [2.05, 4.69) is 80.6 Å². The molecule has 1 aliphatic carbocycles. The summed E-state index contributed by atoms with van der Waals surface area (Å²) in [6.45, 7) is 12.0. The summed E-state index contributed by atoms with van der Waals surface area (Å²) in [6.07, 6.45) is 14.5. The minimum Gasteiger partial charge on any atom is -0.343 e. The highest BCUT2D eigenvalue weighted by molar-refractivity contribution is 5.72. The molecule has 1 aromatic carbocycles. The molecule has 0 saturated heterocycles. The first-order chi connectivity index (χ1) is 14.0. The lowest BCUT2D eigenvalue weighted by molar-refractivity contribution is 0.573. The number of allylic oxidation sites excluding steroid dienone is 5. The second kappa shape index (κ2) is 8.61. The number of hydrogen-bond donors (Lipinski definition) is 0. The van der Waals surface area contributed by atoms with E-state index in [1.165, 1.54) is 65.6 Å². The molecule has 29 heavy (non-hydrogen) atoms. The maximum atomic E-state index is 4.21. The van der Waals surface area contributed by atoms with Crippen molar-refractivity contribution in [2.24, 2.45) is 5.92 Å². The molecule has 1 heteroatoms. The van der Waals surface area contributed by atoms with Crippen molar-refractivity contribution in [2.45, 2.75) is 71.8 Å². The SMILES string of the molecule is C=C1CC=C(C)c2cc(-c3ccc([C@H]4CCCC=C(CC(C)C)C4)cc3)cn2C1. The van der Waals surface area contributed by atoms with E-state index >= 15 is 0 Å². The normalized spacial score (nSPS) is 20.0. The number of hydrogen-bond acceptors (Lipinski definition) is 0. The second-order valence-corrected chi connectivity index (χ2v) is 9.50. The Kier molecular flexibility index (Phi) is 5.94. The summed E-state index contributed by atoms with van der Waals surface area (Å²) in [7, 11) is 0. The third-order valence-electron chi connectivity index (χ3n) is 6.48. The maximum Gasteiger partial charge on any atom is 0.0442 e. The fourth-order valence-electron chi connectivity index (χ4n) is 4.94. The first kappa shape index (κ1) is 20.0. The Morgan fingerprint density at radius 3 is 2.66 bits per heavy atom. The lowest BCUT2D eigenvalue weighted by Gasteiger charge is -2.18. The summed E-state index contributed by atoms with van der Waals surface area (Å²) in [4.78, 5) is 0. The fourth-order valence-corrected chi connectivity index (χ4v) is 4.94. The van der Waals surface area contributed by atoms with Gasteiger partial charge < -0.3 is 4.57 Å². The van der Waals surface area contributed by atoms with Crippen molar-refractivity contribution in [3.8, 4) is 11.1 Å². The van der Waals surface area contributed by atoms with Gasteiger partial charge in [0.25, 0.3) is 0 Å². The molecule has 0 spiro atoms. The predicted octanol–water partition coefficient (Wildman–Crippen LogP) is 8.15. The van der Waals surface area contributed by atoms with E-state index in [9.17, 15) is 0 Å². The lowest BCUT2D eigenvalue weighted by Crippen LogP contribution is -2.01. The van der Waals surface area contributed by atoms with E-state index in [0.29, 0.717) is 5.92 Å². The van der Waals surface area contributed by atoms with Crippen LogP contribution in [0.2, 0.25) is 0 Å². The van der Waals surface area contributed by atoms with E-state index in [1.54, 1.807) is 5.57 Å². The number of nitrogens with zero attached hydrogens (tertiary/aromatic N) is 1. The smallest absolute Gasteiger partial charge is 0.0442 e. The van der Waals surface area contributed by atoms with Gasteiger partial charge in [-0.05, 0) is 85.6 Å². The average Bonchev–Trinajstić information content (AvgIpc) is 2.89. The number of aromatic nitrogens is 1. The van der Waals surface area contributed by atoms with Gasteiger partial charge in [0.1, 0.15) is 0 Å². The minimum atomic E-state index is 0.677. The Hall–Kier alpha value is -2.28. The van der Waals surface area contributed by atoms with Crippen molar-refractivity contribution in [3.05, 3.63) is 77.7 Å². The molecule has 2 heterocycles. The van der Waals surface area contributed by atoms with Crippen molar-refractivity contribution >= 4 is 5.57 Å².